The van der Waals surface area contributed by atoms with E-state index in [1.807, 2.05) is 0 Å². The minimum Gasteiger partial charge on any atom is -0.504 e. The Morgan fingerprint density at radius 1 is 0.892 bits per heavy atom. The van der Waals surface area contributed by atoms with Gasteiger partial charge in [0.15, 0.2) is 35.4 Å². The first-order valence-electron chi connectivity index (χ1n) is 11.8. The van der Waals surface area contributed by atoms with Crippen molar-refractivity contribution in [3.8, 4) is 23.0 Å². The second kappa shape index (κ2) is 13.2. The van der Waals surface area contributed by atoms with E-state index in [0.29, 0.717) is 18.4 Å². The average Bonchev–Trinajstić information content (AvgIpc) is 2.90. The fraction of sp³-hybridized carbons (Fsp3) is 0.520. The van der Waals surface area contributed by atoms with Crippen molar-refractivity contribution in [1.29, 1.82) is 0 Å². The zero-order chi connectivity index (χ0) is 27.1. The molecule has 2 aromatic carbocycles. The minimum atomic E-state index is -1.72. The van der Waals surface area contributed by atoms with Gasteiger partial charge >= 0.3 is 0 Å². The van der Waals surface area contributed by atoms with Crippen molar-refractivity contribution < 1.29 is 59.8 Å². The highest BCUT2D eigenvalue weighted by molar-refractivity contribution is 5.44. The van der Waals surface area contributed by atoms with Crippen LogP contribution in [0, 0.1) is 0 Å². The number of phenols is 2. The molecule has 1 aliphatic heterocycles. The van der Waals surface area contributed by atoms with Crippen molar-refractivity contribution in [2.24, 2.45) is 0 Å². The molecule has 1 saturated heterocycles. The molecule has 12 heteroatoms. The van der Waals surface area contributed by atoms with Crippen molar-refractivity contribution in [2.45, 2.75) is 55.8 Å². The Morgan fingerprint density at radius 2 is 1.65 bits per heavy atom. The van der Waals surface area contributed by atoms with Gasteiger partial charge in [-0.2, -0.15) is 0 Å². The largest absolute Gasteiger partial charge is 0.504 e. The van der Waals surface area contributed by atoms with Crippen LogP contribution in [0.4, 0.5) is 0 Å². The topological polar surface area (TPSA) is 199 Å². The lowest BCUT2D eigenvalue weighted by atomic mass is 9.98. The van der Waals surface area contributed by atoms with E-state index in [-0.39, 0.29) is 29.6 Å². The molecule has 1 aliphatic rings. The van der Waals surface area contributed by atoms with Gasteiger partial charge in [0, 0.05) is 6.61 Å². The molecule has 12 nitrogen and oxygen atoms in total. The normalized spacial score (nSPS) is 25.4. The number of aryl methyl sites for hydroxylation is 1. The molecule has 0 spiro atoms. The van der Waals surface area contributed by atoms with Crippen LogP contribution in [0.25, 0.3) is 0 Å². The summed E-state index contributed by atoms with van der Waals surface area (Å²) in [4.78, 5) is 0. The molecule has 37 heavy (non-hydrogen) atoms. The summed E-state index contributed by atoms with van der Waals surface area (Å²) in [6, 6.07) is 8.84. The quantitative estimate of drug-likeness (QED) is 0.174. The fourth-order valence-corrected chi connectivity index (χ4v) is 4.04. The average molecular weight is 527 g/mol. The van der Waals surface area contributed by atoms with E-state index in [1.165, 1.54) is 37.4 Å². The number of ether oxygens (including phenoxy) is 4. The van der Waals surface area contributed by atoms with Gasteiger partial charge < -0.3 is 59.8 Å². The van der Waals surface area contributed by atoms with Gasteiger partial charge in [-0.25, -0.2) is 0 Å². The van der Waals surface area contributed by atoms with Crippen LogP contribution >= 0.6 is 0 Å². The Kier molecular flexibility index (Phi) is 10.3. The predicted molar refractivity (Wildman–Crippen MR) is 127 cm³/mol. The molecule has 3 rings (SSSR count). The summed E-state index contributed by atoms with van der Waals surface area (Å²) in [7, 11) is 1.34. The van der Waals surface area contributed by atoms with Crippen LogP contribution < -0.4 is 9.47 Å². The molecule has 206 valence electrons. The van der Waals surface area contributed by atoms with Crippen molar-refractivity contribution in [3.05, 3.63) is 47.5 Å². The molecule has 7 atom stereocenters. The fourth-order valence-electron chi connectivity index (χ4n) is 4.04. The maximum absolute atomic E-state index is 10.5. The summed E-state index contributed by atoms with van der Waals surface area (Å²) in [6.07, 6.45) is -9.22. The second-order valence-electron chi connectivity index (χ2n) is 8.65. The summed E-state index contributed by atoms with van der Waals surface area (Å²) in [5, 5.41) is 80.0. The minimum absolute atomic E-state index is 0.00133. The number of hydrogen-bond donors (Lipinski definition) is 8. The van der Waals surface area contributed by atoms with Crippen LogP contribution in [0.3, 0.4) is 0 Å². The Balaban J connectivity index is 1.94. The lowest BCUT2D eigenvalue weighted by Gasteiger charge is -2.41. The van der Waals surface area contributed by atoms with Crippen molar-refractivity contribution >= 4 is 0 Å². The first-order valence-corrected chi connectivity index (χ1v) is 11.8. The first-order chi connectivity index (χ1) is 17.7. The number of aromatic hydroxyl groups is 2. The molecule has 0 aromatic heterocycles. The highest BCUT2D eigenvalue weighted by Crippen LogP contribution is 2.37. The van der Waals surface area contributed by atoms with Gasteiger partial charge in [0.1, 0.15) is 30.5 Å². The van der Waals surface area contributed by atoms with Crippen LogP contribution in [-0.4, -0.2) is 105 Å². The Bertz CT molecular complexity index is 1000. The Labute approximate surface area is 213 Å². The summed E-state index contributed by atoms with van der Waals surface area (Å²) in [5.41, 5.74) is 1.07. The van der Waals surface area contributed by atoms with E-state index in [1.54, 1.807) is 6.07 Å². The molecule has 2 aromatic rings. The number of phenolic OH excluding ortho intramolecular Hbond substituents is 2. The van der Waals surface area contributed by atoms with E-state index in [4.69, 9.17) is 24.1 Å². The SMILES string of the molecule is COc1cc([C@@H](O[C@@H]2O[C@H](CO)[C@@H](O)[C@H](O)[C@H]2O)[C@H](CO)Oc2ccc(CCCO)cc2O)ccc1O. The maximum atomic E-state index is 10.5. The lowest BCUT2D eigenvalue weighted by Crippen LogP contribution is -2.59. The molecule has 0 unspecified atom stereocenters. The number of hydrogen-bond acceptors (Lipinski definition) is 12. The summed E-state index contributed by atoms with van der Waals surface area (Å²) in [6.45, 7) is -1.31. The molecule has 1 heterocycles. The number of aliphatic hydroxyl groups is 6. The lowest BCUT2D eigenvalue weighted by molar-refractivity contribution is -0.318. The molecule has 1 fully saturated rings. The van der Waals surface area contributed by atoms with Gasteiger partial charge in [0.05, 0.1) is 20.3 Å². The Morgan fingerprint density at radius 3 is 2.27 bits per heavy atom. The molecule has 8 N–H and O–H groups in total. The molecular formula is C25H34O12. The summed E-state index contributed by atoms with van der Waals surface area (Å²) >= 11 is 0. The molecule has 0 radical (unpaired) electrons. The van der Waals surface area contributed by atoms with Gasteiger partial charge in [-0.05, 0) is 48.2 Å². The first kappa shape index (κ1) is 28.9. The standard InChI is InChI=1S/C25H34O12/c1-34-18-10-14(5-6-15(18)29)24(37-25-23(33)22(32)21(31)19(11-27)36-25)20(12-28)35-17-7-4-13(3-2-8-26)9-16(17)30/h4-7,9-10,19-33H,2-3,8,11-12H2,1H3/t19-,20+,21-,22+,23-,24-,25+/m1/s1. The van der Waals surface area contributed by atoms with Crippen LogP contribution in [0.5, 0.6) is 23.0 Å². The van der Waals surface area contributed by atoms with Gasteiger partial charge in [-0.1, -0.05) is 12.1 Å². The molecule has 0 amide bonds. The van der Waals surface area contributed by atoms with E-state index >= 15 is 0 Å². The van der Waals surface area contributed by atoms with Gasteiger partial charge in [-0.15, -0.1) is 0 Å². The number of methoxy groups -OCH3 is 1. The van der Waals surface area contributed by atoms with E-state index in [9.17, 15) is 35.7 Å². The van der Waals surface area contributed by atoms with Crippen molar-refractivity contribution in [3.63, 3.8) is 0 Å². The predicted octanol–water partition coefficient (Wildman–Crippen LogP) is -0.671. The third-order valence-corrected chi connectivity index (χ3v) is 6.10. The Hall–Kier alpha value is -2.68. The maximum Gasteiger partial charge on any atom is 0.187 e. The van der Waals surface area contributed by atoms with E-state index in [2.05, 4.69) is 0 Å². The monoisotopic (exact) mass is 526 g/mol. The van der Waals surface area contributed by atoms with Crippen molar-refractivity contribution in [1.82, 2.24) is 0 Å². The summed E-state index contributed by atoms with van der Waals surface area (Å²) in [5.74, 6) is -0.299. The molecular weight excluding hydrogens is 492 g/mol. The smallest absolute Gasteiger partial charge is 0.187 e. The molecule has 0 bridgehead atoms. The third kappa shape index (κ3) is 6.80. The van der Waals surface area contributed by atoms with Crippen LogP contribution in [0.1, 0.15) is 23.7 Å². The van der Waals surface area contributed by atoms with Crippen molar-refractivity contribution in [2.75, 3.05) is 26.9 Å². The molecule has 0 aliphatic carbocycles. The highest BCUT2D eigenvalue weighted by atomic mass is 16.7. The van der Waals surface area contributed by atoms with E-state index < -0.39 is 56.1 Å². The number of rotatable bonds is 12. The number of aliphatic hydroxyl groups excluding tert-OH is 6. The highest BCUT2D eigenvalue weighted by Gasteiger charge is 2.46. The van der Waals surface area contributed by atoms with Crippen LogP contribution in [0.2, 0.25) is 0 Å². The number of benzene rings is 2. The van der Waals surface area contributed by atoms with Crippen LogP contribution in [-0.2, 0) is 15.9 Å². The van der Waals surface area contributed by atoms with Gasteiger partial charge in [0.25, 0.3) is 0 Å². The van der Waals surface area contributed by atoms with Gasteiger partial charge in [0.2, 0.25) is 0 Å². The molecule has 0 saturated carbocycles. The summed E-state index contributed by atoms with van der Waals surface area (Å²) < 4.78 is 22.4. The zero-order valence-electron chi connectivity index (χ0n) is 20.3. The second-order valence-corrected chi connectivity index (χ2v) is 8.65. The third-order valence-electron chi connectivity index (χ3n) is 6.10. The van der Waals surface area contributed by atoms with Crippen LogP contribution in [0.15, 0.2) is 36.4 Å². The zero-order valence-corrected chi connectivity index (χ0v) is 20.3. The van der Waals surface area contributed by atoms with E-state index in [0.717, 1.165) is 5.56 Å². The van der Waals surface area contributed by atoms with Gasteiger partial charge in [-0.3, -0.25) is 0 Å².